The molecule has 6 nitrogen and oxygen atoms in total. The zero-order valence-electron chi connectivity index (χ0n) is 10.9. The van der Waals surface area contributed by atoms with Gasteiger partial charge < -0.3 is 10.1 Å². The van der Waals surface area contributed by atoms with Crippen LogP contribution in [0.2, 0.25) is 5.15 Å². The van der Waals surface area contributed by atoms with Crippen molar-refractivity contribution in [2.24, 2.45) is 0 Å². The Morgan fingerprint density at radius 2 is 2.32 bits per heavy atom. The minimum absolute atomic E-state index is 0.227. The fraction of sp³-hybridized carbons (Fsp3) is 0.583. The summed E-state index contributed by atoms with van der Waals surface area (Å²) in [6.07, 6.45) is 5.02. The monoisotopic (exact) mass is 281 g/mol. The molecule has 2 aromatic rings. The van der Waals surface area contributed by atoms with Gasteiger partial charge in [0.1, 0.15) is 17.3 Å². The Hall–Kier alpha value is -1.40. The normalized spacial score (nSPS) is 23.1. The third-order valence-corrected chi connectivity index (χ3v) is 4.05. The van der Waals surface area contributed by atoms with Crippen molar-refractivity contribution in [1.82, 2.24) is 19.6 Å². The van der Waals surface area contributed by atoms with E-state index in [1.54, 1.807) is 11.6 Å². The summed E-state index contributed by atoms with van der Waals surface area (Å²) in [5.74, 6) is 1.35. The molecule has 0 radical (unpaired) electrons. The molecule has 1 N–H and O–H groups in total. The number of nitrogens with zero attached hydrogens (tertiary/aromatic N) is 4. The van der Waals surface area contributed by atoms with Gasteiger partial charge in [0, 0.05) is 12.7 Å². The van der Waals surface area contributed by atoms with E-state index in [0.29, 0.717) is 10.9 Å². The fourth-order valence-corrected chi connectivity index (χ4v) is 2.78. The summed E-state index contributed by atoms with van der Waals surface area (Å²) < 4.78 is 7.19. The summed E-state index contributed by atoms with van der Waals surface area (Å²) >= 11 is 6.14. The molecule has 0 aliphatic heterocycles. The summed E-state index contributed by atoms with van der Waals surface area (Å²) in [6.45, 7) is 1.93. The number of rotatable bonds is 3. The number of hydrogen-bond donors (Lipinski definition) is 1. The summed E-state index contributed by atoms with van der Waals surface area (Å²) in [6, 6.07) is 0.273. The van der Waals surface area contributed by atoms with Crippen LogP contribution in [0.25, 0.3) is 5.78 Å². The van der Waals surface area contributed by atoms with E-state index in [4.69, 9.17) is 16.3 Å². The Balaban J connectivity index is 1.99. The highest BCUT2D eigenvalue weighted by Crippen LogP contribution is 2.28. The van der Waals surface area contributed by atoms with Gasteiger partial charge >= 0.3 is 0 Å². The van der Waals surface area contributed by atoms with Crippen LogP contribution in [0.15, 0.2) is 6.33 Å². The van der Waals surface area contributed by atoms with Crippen LogP contribution in [0.1, 0.15) is 24.8 Å². The van der Waals surface area contributed by atoms with Gasteiger partial charge in [-0.3, -0.25) is 0 Å². The molecule has 102 valence electrons. The number of fused-ring (bicyclic) bond motifs is 1. The highest BCUT2D eigenvalue weighted by atomic mass is 35.5. The number of methoxy groups -OCH3 is 1. The molecule has 0 spiro atoms. The van der Waals surface area contributed by atoms with Gasteiger partial charge in [0.25, 0.3) is 5.78 Å². The van der Waals surface area contributed by atoms with Crippen molar-refractivity contribution in [2.45, 2.75) is 38.3 Å². The zero-order chi connectivity index (χ0) is 13.4. The van der Waals surface area contributed by atoms with Crippen molar-refractivity contribution in [3.63, 3.8) is 0 Å². The second-order valence-corrected chi connectivity index (χ2v) is 5.16. The fourth-order valence-electron chi connectivity index (χ4n) is 2.62. The second kappa shape index (κ2) is 4.94. The van der Waals surface area contributed by atoms with E-state index in [1.165, 1.54) is 6.33 Å². The molecule has 1 aliphatic carbocycles. The first-order chi connectivity index (χ1) is 9.20. The minimum atomic E-state index is 0.227. The lowest BCUT2D eigenvalue weighted by molar-refractivity contribution is 0.101. The van der Waals surface area contributed by atoms with Crippen molar-refractivity contribution in [2.75, 3.05) is 12.4 Å². The molecule has 2 atom stereocenters. The third-order valence-electron chi connectivity index (χ3n) is 3.68. The summed E-state index contributed by atoms with van der Waals surface area (Å²) in [5, 5.41) is 8.14. The van der Waals surface area contributed by atoms with Crippen LogP contribution in [0.5, 0.6) is 0 Å². The molecule has 0 saturated heterocycles. The Kier molecular flexibility index (Phi) is 3.28. The highest BCUT2D eigenvalue weighted by molar-refractivity contribution is 6.30. The van der Waals surface area contributed by atoms with E-state index in [2.05, 4.69) is 20.4 Å². The first kappa shape index (κ1) is 12.6. The van der Waals surface area contributed by atoms with Gasteiger partial charge in [-0.2, -0.15) is 19.6 Å². The van der Waals surface area contributed by atoms with E-state index in [-0.39, 0.29) is 12.1 Å². The van der Waals surface area contributed by atoms with Crippen LogP contribution in [0, 0.1) is 6.92 Å². The predicted octanol–water partition coefficient (Wildman–Crippen LogP) is 2.07. The van der Waals surface area contributed by atoms with E-state index in [0.717, 1.165) is 30.6 Å². The first-order valence-electron chi connectivity index (χ1n) is 6.36. The molecular weight excluding hydrogens is 266 g/mol. The topological polar surface area (TPSA) is 64.3 Å². The standard InChI is InChI=1S/C12H16ClN5O/c1-7-10(13)17-12-14-6-15-18(12)11(7)16-8-4-3-5-9(8)19-2/h6,8-9,16H,3-5H2,1-2H3. The molecule has 1 fully saturated rings. The molecule has 1 saturated carbocycles. The molecule has 1 aliphatic rings. The molecule has 3 rings (SSSR count). The first-order valence-corrected chi connectivity index (χ1v) is 6.73. The average molecular weight is 282 g/mol. The van der Waals surface area contributed by atoms with E-state index in [9.17, 15) is 0 Å². The Morgan fingerprint density at radius 1 is 1.47 bits per heavy atom. The van der Waals surface area contributed by atoms with Gasteiger partial charge in [-0.05, 0) is 26.2 Å². The maximum atomic E-state index is 6.14. The smallest absolute Gasteiger partial charge is 0.255 e. The Labute approximate surface area is 116 Å². The quantitative estimate of drug-likeness (QED) is 0.873. The average Bonchev–Trinajstić information content (AvgIpc) is 3.02. The van der Waals surface area contributed by atoms with Gasteiger partial charge in [-0.1, -0.05) is 11.6 Å². The van der Waals surface area contributed by atoms with Crippen LogP contribution < -0.4 is 5.32 Å². The van der Waals surface area contributed by atoms with Crippen LogP contribution in [-0.4, -0.2) is 38.8 Å². The third kappa shape index (κ3) is 2.15. The molecule has 0 amide bonds. The van der Waals surface area contributed by atoms with Crippen molar-refractivity contribution >= 4 is 23.2 Å². The number of nitrogens with one attached hydrogen (secondary N) is 1. The Bertz CT molecular complexity index is 599. The highest BCUT2D eigenvalue weighted by Gasteiger charge is 2.28. The SMILES string of the molecule is COC1CCCC1Nc1c(C)c(Cl)nc2ncnn12. The van der Waals surface area contributed by atoms with E-state index < -0.39 is 0 Å². The maximum absolute atomic E-state index is 6.14. The molecule has 2 unspecified atom stereocenters. The molecule has 19 heavy (non-hydrogen) atoms. The van der Waals surface area contributed by atoms with Crippen molar-refractivity contribution in [3.8, 4) is 0 Å². The molecule has 2 heterocycles. The molecule has 7 heteroatoms. The number of ether oxygens (including phenoxy) is 1. The van der Waals surface area contributed by atoms with E-state index >= 15 is 0 Å². The lowest BCUT2D eigenvalue weighted by Crippen LogP contribution is -2.31. The Morgan fingerprint density at radius 3 is 3.11 bits per heavy atom. The maximum Gasteiger partial charge on any atom is 0.255 e. The summed E-state index contributed by atoms with van der Waals surface area (Å²) in [5.41, 5.74) is 0.876. The van der Waals surface area contributed by atoms with Crippen LogP contribution in [0.4, 0.5) is 5.82 Å². The van der Waals surface area contributed by atoms with Gasteiger partial charge in [-0.25, -0.2) is 0 Å². The number of aromatic nitrogens is 4. The van der Waals surface area contributed by atoms with Gasteiger partial charge in [0.05, 0.1) is 12.1 Å². The largest absolute Gasteiger partial charge is 0.379 e. The molecular formula is C12H16ClN5O. The van der Waals surface area contributed by atoms with Gasteiger partial charge in [0.15, 0.2) is 0 Å². The van der Waals surface area contributed by atoms with Gasteiger partial charge in [0.2, 0.25) is 0 Å². The van der Waals surface area contributed by atoms with Gasteiger partial charge in [-0.15, -0.1) is 0 Å². The van der Waals surface area contributed by atoms with Crippen molar-refractivity contribution in [1.29, 1.82) is 0 Å². The van der Waals surface area contributed by atoms with E-state index in [1.807, 2.05) is 6.92 Å². The lowest BCUT2D eigenvalue weighted by Gasteiger charge is -2.22. The number of anilines is 1. The van der Waals surface area contributed by atoms with Crippen molar-refractivity contribution < 1.29 is 4.74 Å². The lowest BCUT2D eigenvalue weighted by atomic mass is 10.2. The predicted molar refractivity (Wildman–Crippen MR) is 72.6 cm³/mol. The van der Waals surface area contributed by atoms with Crippen LogP contribution in [0.3, 0.4) is 0 Å². The van der Waals surface area contributed by atoms with Crippen LogP contribution in [-0.2, 0) is 4.74 Å². The molecule has 2 aromatic heterocycles. The molecule has 0 aromatic carbocycles. The zero-order valence-corrected chi connectivity index (χ0v) is 11.7. The second-order valence-electron chi connectivity index (χ2n) is 4.80. The summed E-state index contributed by atoms with van der Waals surface area (Å²) in [7, 11) is 1.75. The molecule has 0 bridgehead atoms. The number of halogens is 1. The van der Waals surface area contributed by atoms with Crippen LogP contribution >= 0.6 is 11.6 Å². The summed E-state index contributed by atoms with van der Waals surface area (Å²) in [4.78, 5) is 8.27. The minimum Gasteiger partial charge on any atom is -0.379 e. The number of hydrogen-bond acceptors (Lipinski definition) is 5. The van der Waals surface area contributed by atoms with Crippen molar-refractivity contribution in [3.05, 3.63) is 17.0 Å².